The van der Waals surface area contributed by atoms with Gasteiger partial charge >= 0.3 is 0 Å². The van der Waals surface area contributed by atoms with Crippen LogP contribution in [0.25, 0.3) is 0 Å². The summed E-state index contributed by atoms with van der Waals surface area (Å²) in [6.45, 7) is 4.95. The van der Waals surface area contributed by atoms with Crippen molar-refractivity contribution in [2.45, 2.75) is 25.9 Å². The minimum absolute atomic E-state index is 0.570. The molecular formula is C14H21ClN2O. The number of hydrogen-bond donors (Lipinski definition) is 1. The van der Waals surface area contributed by atoms with Gasteiger partial charge in [-0.1, -0.05) is 11.6 Å². The number of halogens is 1. The molecule has 1 fully saturated rings. The highest BCUT2D eigenvalue weighted by Crippen LogP contribution is 2.28. The molecule has 1 aliphatic heterocycles. The van der Waals surface area contributed by atoms with Crippen molar-refractivity contribution < 1.29 is 4.74 Å². The Labute approximate surface area is 114 Å². The lowest BCUT2D eigenvalue weighted by atomic mass is 10.1. The van der Waals surface area contributed by atoms with E-state index in [2.05, 4.69) is 11.8 Å². The summed E-state index contributed by atoms with van der Waals surface area (Å²) in [7, 11) is 1.68. The number of nitrogens with zero attached hydrogens (tertiary/aromatic N) is 1. The Hall–Kier alpha value is -0.770. The van der Waals surface area contributed by atoms with Crippen molar-refractivity contribution >= 4 is 11.6 Å². The summed E-state index contributed by atoms with van der Waals surface area (Å²) in [6.07, 6.45) is 1.18. The average Bonchev–Trinajstić information content (AvgIpc) is 2.73. The standard InChI is InChI=1S/C14H21ClN2O/c1-10-5-11(7-16)8-17(10)9-12-6-13(18-2)3-4-14(12)15/h3-4,6,10-11H,5,7-9,16H2,1-2H3. The lowest BCUT2D eigenvalue weighted by Crippen LogP contribution is -2.27. The van der Waals surface area contributed by atoms with Gasteiger partial charge in [-0.25, -0.2) is 0 Å². The lowest BCUT2D eigenvalue weighted by molar-refractivity contribution is 0.255. The van der Waals surface area contributed by atoms with Gasteiger partial charge in [-0.3, -0.25) is 4.90 Å². The third-order valence-electron chi connectivity index (χ3n) is 3.75. The molecule has 0 amide bonds. The summed E-state index contributed by atoms with van der Waals surface area (Å²) in [5.41, 5.74) is 6.88. The Kier molecular flexibility index (Phi) is 4.49. The van der Waals surface area contributed by atoms with E-state index in [0.29, 0.717) is 12.0 Å². The third-order valence-corrected chi connectivity index (χ3v) is 4.12. The molecule has 0 aromatic heterocycles. The Morgan fingerprint density at radius 2 is 2.28 bits per heavy atom. The van der Waals surface area contributed by atoms with Crippen LogP contribution < -0.4 is 10.5 Å². The van der Waals surface area contributed by atoms with E-state index in [1.165, 1.54) is 6.42 Å². The zero-order valence-electron chi connectivity index (χ0n) is 11.0. The van der Waals surface area contributed by atoms with Crippen LogP contribution in [0.3, 0.4) is 0 Å². The van der Waals surface area contributed by atoms with Crippen molar-refractivity contribution in [3.63, 3.8) is 0 Å². The first-order chi connectivity index (χ1) is 8.63. The summed E-state index contributed by atoms with van der Waals surface area (Å²) in [5, 5.41) is 0.805. The second-order valence-corrected chi connectivity index (χ2v) is 5.48. The molecule has 1 heterocycles. The van der Waals surface area contributed by atoms with E-state index in [1.807, 2.05) is 18.2 Å². The number of ether oxygens (including phenoxy) is 1. The smallest absolute Gasteiger partial charge is 0.119 e. The SMILES string of the molecule is COc1ccc(Cl)c(CN2CC(CN)CC2C)c1. The molecule has 1 aromatic rings. The van der Waals surface area contributed by atoms with Crippen molar-refractivity contribution in [3.8, 4) is 5.75 Å². The van der Waals surface area contributed by atoms with Crippen LogP contribution in [0.5, 0.6) is 5.75 Å². The first-order valence-corrected chi connectivity index (χ1v) is 6.78. The summed E-state index contributed by atoms with van der Waals surface area (Å²) in [6, 6.07) is 6.38. The Balaban J connectivity index is 2.09. The predicted octanol–water partition coefficient (Wildman–Crippen LogP) is 2.52. The predicted molar refractivity (Wildman–Crippen MR) is 75.0 cm³/mol. The Bertz CT molecular complexity index is 411. The maximum absolute atomic E-state index is 6.24. The fourth-order valence-corrected chi connectivity index (χ4v) is 2.80. The molecule has 2 unspecified atom stereocenters. The molecule has 2 rings (SSSR count). The minimum Gasteiger partial charge on any atom is -0.497 e. The van der Waals surface area contributed by atoms with Crippen LogP contribution in [0.15, 0.2) is 18.2 Å². The first kappa shape index (κ1) is 13.7. The quantitative estimate of drug-likeness (QED) is 0.912. The number of benzene rings is 1. The zero-order valence-corrected chi connectivity index (χ0v) is 11.8. The van der Waals surface area contributed by atoms with E-state index < -0.39 is 0 Å². The van der Waals surface area contributed by atoms with Gasteiger partial charge in [0.2, 0.25) is 0 Å². The topological polar surface area (TPSA) is 38.5 Å². The van der Waals surface area contributed by atoms with Crippen LogP contribution in [0.2, 0.25) is 5.02 Å². The molecule has 0 bridgehead atoms. The Morgan fingerprint density at radius 3 is 2.89 bits per heavy atom. The molecule has 2 N–H and O–H groups in total. The van der Waals surface area contributed by atoms with E-state index in [-0.39, 0.29) is 0 Å². The van der Waals surface area contributed by atoms with E-state index >= 15 is 0 Å². The first-order valence-electron chi connectivity index (χ1n) is 6.40. The zero-order chi connectivity index (χ0) is 13.1. The molecule has 3 nitrogen and oxygen atoms in total. The highest BCUT2D eigenvalue weighted by molar-refractivity contribution is 6.31. The summed E-state index contributed by atoms with van der Waals surface area (Å²) in [4.78, 5) is 2.44. The fourth-order valence-electron chi connectivity index (χ4n) is 2.63. The molecule has 0 radical (unpaired) electrons. The van der Waals surface area contributed by atoms with Gasteiger partial charge in [-0.05, 0) is 49.6 Å². The second-order valence-electron chi connectivity index (χ2n) is 5.07. The van der Waals surface area contributed by atoms with Crippen LogP contribution in [0, 0.1) is 5.92 Å². The van der Waals surface area contributed by atoms with Gasteiger partial charge in [0.25, 0.3) is 0 Å². The van der Waals surface area contributed by atoms with E-state index in [4.69, 9.17) is 22.1 Å². The normalized spacial score (nSPS) is 24.4. The second kappa shape index (κ2) is 5.91. The minimum atomic E-state index is 0.570. The molecule has 4 heteroatoms. The van der Waals surface area contributed by atoms with Crippen LogP contribution in [0.4, 0.5) is 0 Å². The monoisotopic (exact) mass is 268 g/mol. The fraction of sp³-hybridized carbons (Fsp3) is 0.571. The lowest BCUT2D eigenvalue weighted by Gasteiger charge is -2.22. The molecule has 100 valence electrons. The Morgan fingerprint density at radius 1 is 1.50 bits per heavy atom. The molecule has 0 aliphatic carbocycles. The molecule has 1 saturated heterocycles. The van der Waals surface area contributed by atoms with Crippen LogP contribution in [0.1, 0.15) is 18.9 Å². The number of likely N-dealkylation sites (tertiary alicyclic amines) is 1. The van der Waals surface area contributed by atoms with Crippen molar-refractivity contribution in [1.82, 2.24) is 4.90 Å². The van der Waals surface area contributed by atoms with E-state index in [9.17, 15) is 0 Å². The number of hydrogen-bond acceptors (Lipinski definition) is 3. The number of nitrogens with two attached hydrogens (primary N) is 1. The maximum atomic E-state index is 6.24. The molecule has 1 aromatic carbocycles. The van der Waals surface area contributed by atoms with E-state index in [1.54, 1.807) is 7.11 Å². The van der Waals surface area contributed by atoms with Gasteiger partial charge in [0.1, 0.15) is 5.75 Å². The largest absolute Gasteiger partial charge is 0.497 e. The van der Waals surface area contributed by atoms with E-state index in [0.717, 1.165) is 36.0 Å². The van der Waals surface area contributed by atoms with Gasteiger partial charge in [-0.15, -0.1) is 0 Å². The van der Waals surface area contributed by atoms with Gasteiger partial charge in [0.15, 0.2) is 0 Å². The number of rotatable bonds is 4. The van der Waals surface area contributed by atoms with Crippen molar-refractivity contribution in [2.24, 2.45) is 11.7 Å². The van der Waals surface area contributed by atoms with Crippen molar-refractivity contribution in [1.29, 1.82) is 0 Å². The van der Waals surface area contributed by atoms with Gasteiger partial charge in [0, 0.05) is 24.2 Å². The molecule has 2 atom stereocenters. The number of methoxy groups -OCH3 is 1. The third kappa shape index (κ3) is 2.97. The highest BCUT2D eigenvalue weighted by atomic mass is 35.5. The molecule has 18 heavy (non-hydrogen) atoms. The summed E-state index contributed by atoms with van der Waals surface area (Å²) >= 11 is 6.24. The average molecular weight is 269 g/mol. The maximum Gasteiger partial charge on any atom is 0.119 e. The summed E-state index contributed by atoms with van der Waals surface area (Å²) in [5.74, 6) is 1.47. The van der Waals surface area contributed by atoms with Gasteiger partial charge in [-0.2, -0.15) is 0 Å². The summed E-state index contributed by atoms with van der Waals surface area (Å²) < 4.78 is 5.25. The van der Waals surface area contributed by atoms with Crippen molar-refractivity contribution in [2.75, 3.05) is 20.2 Å². The molecular weight excluding hydrogens is 248 g/mol. The van der Waals surface area contributed by atoms with Crippen LogP contribution in [-0.4, -0.2) is 31.1 Å². The van der Waals surface area contributed by atoms with Crippen molar-refractivity contribution in [3.05, 3.63) is 28.8 Å². The van der Waals surface area contributed by atoms with Gasteiger partial charge < -0.3 is 10.5 Å². The molecule has 0 spiro atoms. The van der Waals surface area contributed by atoms with Crippen LogP contribution in [-0.2, 0) is 6.54 Å². The van der Waals surface area contributed by atoms with Gasteiger partial charge in [0.05, 0.1) is 7.11 Å². The highest BCUT2D eigenvalue weighted by Gasteiger charge is 2.28. The molecule has 0 saturated carbocycles. The van der Waals surface area contributed by atoms with Crippen LogP contribution >= 0.6 is 11.6 Å². The molecule has 1 aliphatic rings.